The molecule has 0 aliphatic heterocycles. The summed E-state index contributed by atoms with van der Waals surface area (Å²) < 4.78 is 22.8. The summed E-state index contributed by atoms with van der Waals surface area (Å²) in [5.74, 6) is -1.04. The van der Waals surface area contributed by atoms with E-state index in [-0.39, 0.29) is 18.1 Å². The number of amides is 1. The summed E-state index contributed by atoms with van der Waals surface area (Å²) in [6.07, 6.45) is 1.10. The van der Waals surface area contributed by atoms with E-state index in [1.165, 1.54) is 19.1 Å². The number of sulfone groups is 1. The number of carbonyl (C=O) groups is 1. The van der Waals surface area contributed by atoms with Gasteiger partial charge in [-0.1, -0.05) is 19.1 Å². The minimum Gasteiger partial charge on any atom is -0.352 e. The molecule has 7 nitrogen and oxygen atoms in total. The normalized spacial score (nSPS) is 14.2. The molecule has 1 rings (SSSR count). The summed E-state index contributed by atoms with van der Waals surface area (Å²) in [5.41, 5.74) is 0.678. The lowest BCUT2D eigenvalue weighted by Gasteiger charge is -2.17. The Kier molecular flexibility index (Phi) is 5.42. The maximum absolute atomic E-state index is 11.9. The highest BCUT2D eigenvalue weighted by atomic mass is 32.2. The van der Waals surface area contributed by atoms with Crippen molar-refractivity contribution in [3.8, 4) is 0 Å². The topological polar surface area (TPSA) is 106 Å². The first-order valence-corrected chi connectivity index (χ1v) is 8.28. The molecule has 0 aliphatic carbocycles. The minimum absolute atomic E-state index is 0.0239. The molecule has 8 heteroatoms. The van der Waals surface area contributed by atoms with Gasteiger partial charge in [0.05, 0.1) is 16.1 Å². The van der Waals surface area contributed by atoms with E-state index < -0.39 is 25.9 Å². The fraction of sp³-hybridized carbons (Fsp3) is 0.462. The third kappa shape index (κ3) is 4.82. The molecule has 1 N–H and O–H groups in total. The molecule has 0 spiro atoms. The number of benzene rings is 1. The van der Waals surface area contributed by atoms with Gasteiger partial charge in [0, 0.05) is 24.9 Å². The summed E-state index contributed by atoms with van der Waals surface area (Å²) in [6.45, 7) is 3.24. The van der Waals surface area contributed by atoms with Crippen LogP contribution in [0.2, 0.25) is 0 Å². The van der Waals surface area contributed by atoms with E-state index in [0.717, 1.165) is 6.26 Å². The Bertz CT molecular complexity index is 624. The quantitative estimate of drug-likeness (QED) is 0.629. The van der Waals surface area contributed by atoms with Crippen LogP contribution in [0.15, 0.2) is 24.3 Å². The third-order valence-electron chi connectivity index (χ3n) is 3.41. The standard InChI is InChI=1S/C13H18N2O5S/c1-9(10(2)21(3,19)20)13(16)14-8-11-4-6-12(7-5-11)15(17)18/h4-7,9-10H,8H2,1-3H3,(H,14,16)/t9-,10-/m0/s1. The van der Waals surface area contributed by atoms with Crippen molar-refractivity contribution in [3.63, 3.8) is 0 Å². The molecule has 0 radical (unpaired) electrons. The van der Waals surface area contributed by atoms with Crippen LogP contribution in [0, 0.1) is 16.0 Å². The highest BCUT2D eigenvalue weighted by Crippen LogP contribution is 2.13. The first-order valence-electron chi connectivity index (χ1n) is 6.33. The molecule has 21 heavy (non-hydrogen) atoms. The zero-order chi connectivity index (χ0) is 16.2. The van der Waals surface area contributed by atoms with Crippen molar-refractivity contribution in [1.29, 1.82) is 0 Å². The van der Waals surface area contributed by atoms with E-state index in [9.17, 15) is 23.3 Å². The summed E-state index contributed by atoms with van der Waals surface area (Å²) in [5, 5.41) is 12.4. The second-order valence-corrected chi connectivity index (χ2v) is 7.37. The fourth-order valence-corrected chi connectivity index (χ4v) is 2.53. The van der Waals surface area contributed by atoms with Crippen molar-refractivity contribution in [2.75, 3.05) is 6.26 Å². The molecule has 0 unspecified atom stereocenters. The summed E-state index contributed by atoms with van der Waals surface area (Å²) >= 11 is 0. The Morgan fingerprint density at radius 3 is 2.24 bits per heavy atom. The van der Waals surface area contributed by atoms with Gasteiger partial charge < -0.3 is 5.32 Å². The maximum atomic E-state index is 11.9. The number of nitrogens with one attached hydrogen (secondary N) is 1. The van der Waals surface area contributed by atoms with Crippen LogP contribution in [0.1, 0.15) is 19.4 Å². The van der Waals surface area contributed by atoms with Crippen LogP contribution in [-0.2, 0) is 21.2 Å². The molecule has 1 aromatic carbocycles. The number of hydrogen-bond acceptors (Lipinski definition) is 5. The molecule has 0 aromatic heterocycles. The van der Waals surface area contributed by atoms with Crippen molar-refractivity contribution >= 4 is 21.4 Å². The predicted octanol–water partition coefficient (Wildman–Crippen LogP) is 1.28. The minimum atomic E-state index is -3.28. The Morgan fingerprint density at radius 2 is 1.81 bits per heavy atom. The van der Waals surface area contributed by atoms with Gasteiger partial charge in [0.25, 0.3) is 5.69 Å². The van der Waals surface area contributed by atoms with Gasteiger partial charge in [-0.25, -0.2) is 8.42 Å². The smallest absolute Gasteiger partial charge is 0.269 e. The summed E-state index contributed by atoms with van der Waals surface area (Å²) in [7, 11) is -3.28. The highest BCUT2D eigenvalue weighted by Gasteiger charge is 2.27. The molecule has 2 atom stereocenters. The number of carbonyl (C=O) groups excluding carboxylic acids is 1. The summed E-state index contributed by atoms with van der Waals surface area (Å²) in [4.78, 5) is 21.9. The Labute approximate surface area is 123 Å². The van der Waals surface area contributed by atoms with Crippen LogP contribution in [0.25, 0.3) is 0 Å². The predicted molar refractivity (Wildman–Crippen MR) is 78.4 cm³/mol. The molecule has 0 heterocycles. The van der Waals surface area contributed by atoms with Crippen LogP contribution in [0.3, 0.4) is 0 Å². The highest BCUT2D eigenvalue weighted by molar-refractivity contribution is 7.91. The largest absolute Gasteiger partial charge is 0.352 e. The van der Waals surface area contributed by atoms with Gasteiger partial charge in [0.2, 0.25) is 5.91 Å². The van der Waals surface area contributed by atoms with Crippen LogP contribution < -0.4 is 5.32 Å². The average Bonchev–Trinajstić information content (AvgIpc) is 2.42. The number of hydrogen-bond donors (Lipinski definition) is 1. The first kappa shape index (κ1) is 17.1. The van der Waals surface area contributed by atoms with E-state index in [1.54, 1.807) is 19.1 Å². The second kappa shape index (κ2) is 6.66. The van der Waals surface area contributed by atoms with E-state index in [2.05, 4.69) is 5.32 Å². The van der Waals surface area contributed by atoms with Gasteiger partial charge in [-0.2, -0.15) is 0 Å². The van der Waals surface area contributed by atoms with Gasteiger partial charge in [0.15, 0.2) is 9.84 Å². The van der Waals surface area contributed by atoms with Crippen molar-refractivity contribution in [2.45, 2.75) is 25.6 Å². The van der Waals surface area contributed by atoms with Crippen molar-refractivity contribution in [1.82, 2.24) is 5.32 Å². The SMILES string of the molecule is C[C@H](C(=O)NCc1ccc([N+](=O)[O-])cc1)[C@H](C)S(C)(=O)=O. The molecule has 0 saturated carbocycles. The fourth-order valence-electron chi connectivity index (χ4n) is 1.67. The zero-order valence-corrected chi connectivity index (χ0v) is 12.9. The number of nitro groups is 1. The molecule has 0 bridgehead atoms. The first-order chi connectivity index (χ1) is 9.62. The lowest BCUT2D eigenvalue weighted by atomic mass is 10.1. The van der Waals surface area contributed by atoms with E-state index >= 15 is 0 Å². The van der Waals surface area contributed by atoms with Crippen LogP contribution in [-0.4, -0.2) is 30.8 Å². The molecule has 116 valence electrons. The molecular formula is C13H18N2O5S. The number of non-ortho nitro benzene ring substituents is 1. The van der Waals surface area contributed by atoms with Crippen LogP contribution in [0.4, 0.5) is 5.69 Å². The Balaban J connectivity index is 2.62. The van der Waals surface area contributed by atoms with Crippen LogP contribution in [0.5, 0.6) is 0 Å². The maximum Gasteiger partial charge on any atom is 0.269 e. The van der Waals surface area contributed by atoms with E-state index in [0.29, 0.717) is 5.56 Å². The molecule has 1 amide bonds. The van der Waals surface area contributed by atoms with E-state index in [4.69, 9.17) is 0 Å². The van der Waals surface area contributed by atoms with Gasteiger partial charge in [-0.15, -0.1) is 0 Å². The zero-order valence-electron chi connectivity index (χ0n) is 12.1. The summed E-state index contributed by atoms with van der Waals surface area (Å²) in [6, 6.07) is 5.79. The molecule has 1 aromatic rings. The Hall–Kier alpha value is -1.96. The van der Waals surface area contributed by atoms with Gasteiger partial charge in [-0.05, 0) is 12.5 Å². The third-order valence-corrected chi connectivity index (χ3v) is 5.17. The number of nitrogens with zero attached hydrogens (tertiary/aromatic N) is 1. The second-order valence-electron chi connectivity index (χ2n) is 4.96. The molecule has 0 aliphatic rings. The monoisotopic (exact) mass is 314 g/mol. The number of rotatable bonds is 6. The number of nitro benzene ring substituents is 1. The van der Waals surface area contributed by atoms with Gasteiger partial charge in [-0.3, -0.25) is 14.9 Å². The average molecular weight is 314 g/mol. The van der Waals surface area contributed by atoms with Crippen molar-refractivity contribution < 1.29 is 18.1 Å². The molecule has 0 fully saturated rings. The lowest BCUT2D eigenvalue weighted by Crippen LogP contribution is -2.37. The van der Waals surface area contributed by atoms with E-state index in [1.807, 2.05) is 0 Å². The van der Waals surface area contributed by atoms with Gasteiger partial charge >= 0.3 is 0 Å². The Morgan fingerprint density at radius 1 is 1.29 bits per heavy atom. The molecule has 0 saturated heterocycles. The van der Waals surface area contributed by atoms with Crippen molar-refractivity contribution in [2.24, 2.45) is 5.92 Å². The lowest BCUT2D eigenvalue weighted by molar-refractivity contribution is -0.384. The van der Waals surface area contributed by atoms with Crippen molar-refractivity contribution in [3.05, 3.63) is 39.9 Å². The molecular weight excluding hydrogens is 296 g/mol. The van der Waals surface area contributed by atoms with Crippen LogP contribution >= 0.6 is 0 Å². The van der Waals surface area contributed by atoms with Gasteiger partial charge in [0.1, 0.15) is 0 Å².